The molecule has 1 aliphatic carbocycles. The zero-order chi connectivity index (χ0) is 24.5. The Morgan fingerprint density at radius 3 is 2.40 bits per heavy atom. The monoisotopic (exact) mass is 469 g/mol. The smallest absolute Gasteiger partial charge is 0.307 e. The quantitative estimate of drug-likeness (QED) is 0.514. The standard InChI is InChI=1S/C29H31N3O3/c1-18-25(15-26(33)34)28(32-17-21-8-13-24(32)14-21)27(19(2)31-18)22-9-11-23(12-10-22)29(35)30-16-20-6-4-3-5-7-20/h3-7,9-12,21,24H,8,13-17H2,1-2H3,(H,30,35)(H,33,34). The normalized spacial score (nSPS) is 18.6. The SMILES string of the molecule is Cc1nc(C)c(-c2ccc(C(=O)NCc3ccccc3)cc2)c(N2CC3CCC2C3)c1CC(=O)O. The van der Waals surface area contributed by atoms with Gasteiger partial charge < -0.3 is 15.3 Å². The number of nitrogens with one attached hydrogen (secondary N) is 1. The van der Waals surface area contributed by atoms with Crippen molar-refractivity contribution in [2.75, 3.05) is 11.4 Å². The molecule has 1 amide bonds. The summed E-state index contributed by atoms with van der Waals surface area (Å²) in [5.74, 6) is -0.293. The first-order chi connectivity index (χ1) is 16.9. The summed E-state index contributed by atoms with van der Waals surface area (Å²) in [6.45, 7) is 5.34. The Morgan fingerprint density at radius 1 is 1.03 bits per heavy atom. The van der Waals surface area contributed by atoms with Gasteiger partial charge in [-0.25, -0.2) is 0 Å². The van der Waals surface area contributed by atoms with Crippen LogP contribution in [0.1, 0.15) is 52.1 Å². The second-order valence-electron chi connectivity index (χ2n) is 9.79. The van der Waals surface area contributed by atoms with Gasteiger partial charge in [0.2, 0.25) is 0 Å². The third-order valence-corrected chi connectivity index (χ3v) is 7.41. The van der Waals surface area contributed by atoms with E-state index in [4.69, 9.17) is 4.98 Å². The Bertz CT molecular complexity index is 1250. The van der Waals surface area contributed by atoms with Crippen LogP contribution in [0.3, 0.4) is 0 Å². The van der Waals surface area contributed by atoms with Gasteiger partial charge in [-0.2, -0.15) is 0 Å². The predicted octanol–water partition coefficient (Wildman–Crippen LogP) is 4.91. The molecular weight excluding hydrogens is 438 g/mol. The number of anilines is 1. The molecule has 180 valence electrons. The molecule has 1 saturated carbocycles. The summed E-state index contributed by atoms with van der Waals surface area (Å²) in [5, 5.41) is 12.6. The molecule has 1 saturated heterocycles. The summed E-state index contributed by atoms with van der Waals surface area (Å²) in [6, 6.07) is 17.9. The number of aryl methyl sites for hydroxylation is 2. The maximum atomic E-state index is 12.7. The lowest BCUT2D eigenvalue weighted by molar-refractivity contribution is -0.136. The molecule has 0 radical (unpaired) electrons. The Kier molecular flexibility index (Phi) is 6.29. The van der Waals surface area contributed by atoms with Gasteiger partial charge in [0.25, 0.3) is 5.91 Å². The van der Waals surface area contributed by atoms with Crippen molar-refractivity contribution in [1.29, 1.82) is 0 Å². The largest absolute Gasteiger partial charge is 0.481 e. The van der Waals surface area contributed by atoms with Gasteiger partial charge in [-0.3, -0.25) is 14.6 Å². The highest BCUT2D eigenvalue weighted by Gasteiger charge is 2.40. The van der Waals surface area contributed by atoms with Gasteiger partial charge in [-0.15, -0.1) is 0 Å². The number of carbonyl (C=O) groups excluding carboxylic acids is 1. The van der Waals surface area contributed by atoms with E-state index in [1.807, 2.05) is 68.4 Å². The number of amides is 1. The first kappa shape index (κ1) is 23.1. The number of piperidine rings is 1. The lowest BCUT2D eigenvalue weighted by Crippen LogP contribution is -2.34. The molecule has 2 atom stereocenters. The van der Waals surface area contributed by atoms with E-state index in [-0.39, 0.29) is 12.3 Å². The van der Waals surface area contributed by atoms with Gasteiger partial charge in [-0.05, 0) is 62.3 Å². The average molecular weight is 470 g/mol. The molecule has 5 rings (SSSR count). The van der Waals surface area contributed by atoms with E-state index >= 15 is 0 Å². The van der Waals surface area contributed by atoms with Gasteiger partial charge in [-0.1, -0.05) is 42.5 Å². The Hall–Kier alpha value is -3.67. The minimum atomic E-state index is -0.847. The number of carboxylic acids is 1. The molecule has 6 heteroatoms. The molecule has 0 spiro atoms. The molecular formula is C29H31N3O3. The number of carbonyl (C=O) groups is 2. The van der Waals surface area contributed by atoms with Crippen molar-refractivity contribution >= 4 is 17.6 Å². The van der Waals surface area contributed by atoms with Gasteiger partial charge in [0.1, 0.15) is 0 Å². The fourth-order valence-corrected chi connectivity index (χ4v) is 5.76. The first-order valence-corrected chi connectivity index (χ1v) is 12.3. The van der Waals surface area contributed by atoms with Gasteiger partial charge >= 0.3 is 5.97 Å². The van der Waals surface area contributed by atoms with Gasteiger partial charge in [0.15, 0.2) is 0 Å². The second-order valence-corrected chi connectivity index (χ2v) is 9.79. The highest BCUT2D eigenvalue weighted by atomic mass is 16.4. The summed E-state index contributed by atoms with van der Waals surface area (Å²) in [5.41, 5.74) is 7.07. The Labute approximate surface area is 206 Å². The molecule has 2 unspecified atom stereocenters. The van der Waals surface area contributed by atoms with Crippen LogP contribution in [-0.4, -0.2) is 34.6 Å². The number of carboxylic acid groups (broad SMARTS) is 1. The van der Waals surface area contributed by atoms with E-state index in [1.54, 1.807) is 0 Å². The third-order valence-electron chi connectivity index (χ3n) is 7.41. The van der Waals surface area contributed by atoms with E-state index in [9.17, 15) is 14.7 Å². The van der Waals surface area contributed by atoms with Crippen molar-refractivity contribution in [2.45, 2.75) is 52.1 Å². The fraction of sp³-hybridized carbons (Fsp3) is 0.345. The van der Waals surface area contributed by atoms with Crippen LogP contribution in [0.15, 0.2) is 54.6 Å². The predicted molar refractivity (Wildman–Crippen MR) is 137 cm³/mol. The van der Waals surface area contributed by atoms with Crippen LogP contribution < -0.4 is 10.2 Å². The van der Waals surface area contributed by atoms with Crippen LogP contribution in [0.25, 0.3) is 11.1 Å². The molecule has 2 aromatic carbocycles. The maximum absolute atomic E-state index is 12.7. The number of hydrogen-bond acceptors (Lipinski definition) is 4. The lowest BCUT2D eigenvalue weighted by atomic mass is 9.93. The van der Waals surface area contributed by atoms with Crippen LogP contribution in [-0.2, 0) is 17.8 Å². The first-order valence-electron chi connectivity index (χ1n) is 12.3. The van der Waals surface area contributed by atoms with Crippen LogP contribution in [0.5, 0.6) is 0 Å². The molecule has 1 aliphatic heterocycles. The molecule has 1 aromatic heterocycles. The van der Waals surface area contributed by atoms with Crippen molar-refractivity contribution in [3.05, 3.63) is 82.7 Å². The third kappa shape index (κ3) is 4.65. The van der Waals surface area contributed by atoms with Crippen LogP contribution in [0.2, 0.25) is 0 Å². The number of hydrogen-bond donors (Lipinski definition) is 2. The molecule has 2 aliphatic rings. The number of pyridine rings is 1. The van der Waals surface area contributed by atoms with Crippen molar-refractivity contribution in [3.8, 4) is 11.1 Å². The van der Waals surface area contributed by atoms with Crippen molar-refractivity contribution in [3.63, 3.8) is 0 Å². The molecule has 2 heterocycles. The minimum absolute atomic E-state index is 0.0463. The van der Waals surface area contributed by atoms with E-state index < -0.39 is 5.97 Å². The van der Waals surface area contributed by atoms with Crippen LogP contribution in [0, 0.1) is 19.8 Å². The highest BCUT2D eigenvalue weighted by molar-refractivity contribution is 5.95. The highest BCUT2D eigenvalue weighted by Crippen LogP contribution is 2.46. The van der Waals surface area contributed by atoms with Crippen molar-refractivity contribution < 1.29 is 14.7 Å². The summed E-state index contributed by atoms with van der Waals surface area (Å²) >= 11 is 0. The van der Waals surface area contributed by atoms with Crippen LogP contribution in [0.4, 0.5) is 5.69 Å². The van der Waals surface area contributed by atoms with Crippen LogP contribution >= 0.6 is 0 Å². The number of fused-ring (bicyclic) bond motifs is 2. The molecule has 2 N–H and O–H groups in total. The summed E-state index contributed by atoms with van der Waals surface area (Å²) < 4.78 is 0. The molecule has 2 fully saturated rings. The Balaban J connectivity index is 1.48. The number of aromatic nitrogens is 1. The molecule has 2 bridgehead atoms. The topological polar surface area (TPSA) is 82.5 Å². The number of benzene rings is 2. The summed E-state index contributed by atoms with van der Waals surface area (Å²) in [6.07, 6.45) is 3.53. The number of nitrogens with zero attached hydrogens (tertiary/aromatic N) is 2. The number of aliphatic carboxylic acids is 1. The number of rotatable bonds is 7. The lowest BCUT2D eigenvalue weighted by Gasteiger charge is -2.34. The van der Waals surface area contributed by atoms with Crippen molar-refractivity contribution in [2.24, 2.45) is 5.92 Å². The minimum Gasteiger partial charge on any atom is -0.481 e. The average Bonchev–Trinajstić information content (AvgIpc) is 3.48. The second kappa shape index (κ2) is 9.53. The molecule has 3 aromatic rings. The summed E-state index contributed by atoms with van der Waals surface area (Å²) in [7, 11) is 0. The zero-order valence-electron chi connectivity index (χ0n) is 20.3. The molecule has 6 nitrogen and oxygen atoms in total. The van der Waals surface area contributed by atoms with Gasteiger partial charge in [0, 0.05) is 47.2 Å². The summed E-state index contributed by atoms with van der Waals surface area (Å²) in [4.78, 5) is 31.7. The van der Waals surface area contributed by atoms with E-state index in [0.717, 1.165) is 52.3 Å². The van der Waals surface area contributed by atoms with Gasteiger partial charge in [0.05, 0.1) is 12.1 Å². The Morgan fingerprint density at radius 2 is 1.77 bits per heavy atom. The van der Waals surface area contributed by atoms with E-state index in [2.05, 4.69) is 10.2 Å². The zero-order valence-corrected chi connectivity index (χ0v) is 20.3. The van der Waals surface area contributed by atoms with Crippen molar-refractivity contribution in [1.82, 2.24) is 10.3 Å². The van der Waals surface area contributed by atoms with E-state index in [0.29, 0.717) is 24.1 Å². The van der Waals surface area contributed by atoms with E-state index in [1.165, 1.54) is 12.8 Å². The molecule has 35 heavy (non-hydrogen) atoms. The fourth-order valence-electron chi connectivity index (χ4n) is 5.76. The maximum Gasteiger partial charge on any atom is 0.307 e.